The van der Waals surface area contributed by atoms with Gasteiger partial charge in [0.15, 0.2) is 0 Å². The Kier molecular flexibility index (Phi) is 13.7. The minimum atomic E-state index is -0.860. The molecule has 7 nitrogen and oxygen atoms in total. The average molecular weight is 476 g/mol. The van der Waals surface area contributed by atoms with Crippen LogP contribution in [0.5, 0.6) is 0 Å². The standard InChI is InChI=1S/C19H34N4O3.3ClH/c1-15(17(19(25)26)22-9-3-2-4-10-22)18(24)23-13-11-21(12-14-23)16-5-7-20-8-6-16;;;/h15-17,20H,2-14H2,1H3,(H,25,26);3*1H. The molecule has 0 radical (unpaired) electrons. The van der Waals surface area contributed by atoms with Crippen LogP contribution in [0.2, 0.25) is 0 Å². The second-order valence-electron chi connectivity index (χ2n) is 8.01. The maximum Gasteiger partial charge on any atom is 0.321 e. The third-order valence-electron chi connectivity index (χ3n) is 6.35. The Morgan fingerprint density at radius 3 is 1.97 bits per heavy atom. The van der Waals surface area contributed by atoms with Gasteiger partial charge < -0.3 is 15.3 Å². The van der Waals surface area contributed by atoms with Gasteiger partial charge in [-0.3, -0.25) is 19.4 Å². The number of rotatable bonds is 5. The van der Waals surface area contributed by atoms with Crippen LogP contribution in [-0.2, 0) is 9.59 Å². The highest BCUT2D eigenvalue weighted by molar-refractivity contribution is 5.86. The van der Waals surface area contributed by atoms with E-state index in [1.807, 2.05) is 9.80 Å². The number of aliphatic carboxylic acids is 1. The summed E-state index contributed by atoms with van der Waals surface area (Å²) in [6.07, 6.45) is 5.57. The summed E-state index contributed by atoms with van der Waals surface area (Å²) in [4.78, 5) is 31.2. The zero-order valence-electron chi connectivity index (χ0n) is 17.3. The number of carbonyl (C=O) groups is 2. The predicted molar refractivity (Wildman–Crippen MR) is 122 cm³/mol. The van der Waals surface area contributed by atoms with Gasteiger partial charge in [-0.2, -0.15) is 0 Å². The van der Waals surface area contributed by atoms with E-state index in [1.165, 1.54) is 12.8 Å². The molecule has 2 N–H and O–H groups in total. The van der Waals surface area contributed by atoms with E-state index in [0.29, 0.717) is 6.04 Å². The van der Waals surface area contributed by atoms with E-state index in [-0.39, 0.29) is 43.1 Å². The van der Waals surface area contributed by atoms with Crippen molar-refractivity contribution >= 4 is 49.1 Å². The summed E-state index contributed by atoms with van der Waals surface area (Å²) < 4.78 is 0. The summed E-state index contributed by atoms with van der Waals surface area (Å²) in [5, 5.41) is 13.1. The molecule has 0 bridgehead atoms. The smallest absolute Gasteiger partial charge is 0.321 e. The lowest BCUT2D eigenvalue weighted by Gasteiger charge is -2.42. The first-order valence-corrected chi connectivity index (χ1v) is 10.3. The van der Waals surface area contributed by atoms with Crippen LogP contribution < -0.4 is 5.32 Å². The first kappa shape index (κ1) is 28.7. The Morgan fingerprint density at radius 1 is 0.897 bits per heavy atom. The molecular weight excluding hydrogens is 439 g/mol. The van der Waals surface area contributed by atoms with Gasteiger partial charge in [-0.15, -0.1) is 37.2 Å². The van der Waals surface area contributed by atoms with Gasteiger partial charge in [-0.05, 0) is 51.9 Å². The number of hydrogen-bond acceptors (Lipinski definition) is 5. The molecular formula is C19H37Cl3N4O3. The van der Waals surface area contributed by atoms with Gasteiger partial charge in [0.1, 0.15) is 6.04 Å². The van der Waals surface area contributed by atoms with Crippen molar-refractivity contribution in [1.82, 2.24) is 20.0 Å². The lowest BCUT2D eigenvalue weighted by atomic mass is 9.95. The molecule has 3 saturated heterocycles. The Labute approximate surface area is 193 Å². The van der Waals surface area contributed by atoms with Crippen molar-refractivity contribution in [2.75, 3.05) is 52.4 Å². The van der Waals surface area contributed by atoms with Gasteiger partial charge >= 0.3 is 5.97 Å². The van der Waals surface area contributed by atoms with Crippen molar-refractivity contribution in [2.24, 2.45) is 5.92 Å². The summed E-state index contributed by atoms with van der Waals surface area (Å²) in [5.41, 5.74) is 0. The van der Waals surface area contributed by atoms with E-state index < -0.39 is 17.9 Å². The van der Waals surface area contributed by atoms with Crippen LogP contribution in [0.1, 0.15) is 39.0 Å². The Bertz CT molecular complexity index is 495. The van der Waals surface area contributed by atoms with Crippen molar-refractivity contribution in [3.8, 4) is 0 Å². The van der Waals surface area contributed by atoms with Gasteiger partial charge in [-0.25, -0.2) is 0 Å². The molecule has 0 aromatic heterocycles. The fraction of sp³-hybridized carbons (Fsp3) is 0.895. The molecule has 0 saturated carbocycles. The number of nitrogens with one attached hydrogen (secondary N) is 1. The summed E-state index contributed by atoms with van der Waals surface area (Å²) >= 11 is 0. The monoisotopic (exact) mass is 474 g/mol. The molecule has 3 fully saturated rings. The van der Waals surface area contributed by atoms with Gasteiger partial charge in [0, 0.05) is 32.2 Å². The molecule has 0 spiro atoms. The number of carbonyl (C=O) groups excluding carboxylic acids is 1. The van der Waals surface area contributed by atoms with Crippen molar-refractivity contribution in [3.63, 3.8) is 0 Å². The van der Waals surface area contributed by atoms with Gasteiger partial charge in [0.2, 0.25) is 5.91 Å². The number of nitrogens with zero attached hydrogens (tertiary/aromatic N) is 3. The third kappa shape index (κ3) is 7.40. The molecule has 1 amide bonds. The second kappa shape index (κ2) is 13.9. The number of piperazine rings is 1. The fourth-order valence-electron chi connectivity index (χ4n) is 4.79. The SMILES string of the molecule is CC(C(=O)N1CCN(C2CCNCC2)CC1)C(C(=O)O)N1CCCCC1.Cl.Cl.Cl. The van der Waals surface area contributed by atoms with Crippen LogP contribution in [0.25, 0.3) is 0 Å². The van der Waals surface area contributed by atoms with Gasteiger partial charge in [-0.1, -0.05) is 13.3 Å². The van der Waals surface area contributed by atoms with E-state index >= 15 is 0 Å². The second-order valence-corrected chi connectivity index (χ2v) is 8.01. The molecule has 10 heteroatoms. The minimum absolute atomic E-state index is 0. The minimum Gasteiger partial charge on any atom is -0.480 e. The van der Waals surface area contributed by atoms with Gasteiger partial charge in [0.05, 0.1) is 5.92 Å². The zero-order chi connectivity index (χ0) is 18.5. The Balaban J connectivity index is 0.00000261. The van der Waals surface area contributed by atoms with Crippen LogP contribution in [0.4, 0.5) is 0 Å². The third-order valence-corrected chi connectivity index (χ3v) is 6.35. The fourth-order valence-corrected chi connectivity index (χ4v) is 4.79. The highest BCUT2D eigenvalue weighted by Crippen LogP contribution is 2.21. The lowest BCUT2D eigenvalue weighted by molar-refractivity contribution is -0.153. The van der Waals surface area contributed by atoms with Crippen LogP contribution in [0.3, 0.4) is 0 Å². The summed E-state index contributed by atoms with van der Waals surface area (Å²) in [6.45, 7) is 8.80. The van der Waals surface area contributed by atoms with Crippen LogP contribution in [0, 0.1) is 5.92 Å². The molecule has 3 heterocycles. The number of halogens is 3. The van der Waals surface area contributed by atoms with Gasteiger partial charge in [0.25, 0.3) is 0 Å². The largest absolute Gasteiger partial charge is 0.480 e. The molecule has 0 aliphatic carbocycles. The molecule has 0 aromatic rings. The quantitative estimate of drug-likeness (QED) is 0.631. The van der Waals surface area contributed by atoms with E-state index in [9.17, 15) is 14.7 Å². The lowest BCUT2D eigenvalue weighted by Crippen LogP contribution is -2.57. The molecule has 172 valence electrons. The van der Waals surface area contributed by atoms with Crippen molar-refractivity contribution in [2.45, 2.75) is 51.1 Å². The van der Waals surface area contributed by atoms with Crippen molar-refractivity contribution in [3.05, 3.63) is 0 Å². The molecule has 3 aliphatic heterocycles. The Hall–Kier alpha value is -0.310. The van der Waals surface area contributed by atoms with E-state index in [1.54, 1.807) is 6.92 Å². The summed E-state index contributed by atoms with van der Waals surface area (Å²) in [7, 11) is 0. The predicted octanol–water partition coefficient (Wildman–Crippen LogP) is 1.72. The van der Waals surface area contributed by atoms with Crippen molar-refractivity contribution < 1.29 is 14.7 Å². The number of hydrogen-bond donors (Lipinski definition) is 2. The molecule has 0 aromatic carbocycles. The first-order chi connectivity index (χ1) is 12.6. The number of carboxylic acids is 1. The van der Waals surface area contributed by atoms with Crippen molar-refractivity contribution in [1.29, 1.82) is 0 Å². The number of likely N-dealkylation sites (tertiary alicyclic amines) is 1. The van der Waals surface area contributed by atoms with Crippen LogP contribution in [0.15, 0.2) is 0 Å². The van der Waals surface area contributed by atoms with E-state index in [0.717, 1.165) is 71.6 Å². The zero-order valence-corrected chi connectivity index (χ0v) is 19.7. The molecule has 3 rings (SSSR count). The maximum absolute atomic E-state index is 13.0. The first-order valence-electron chi connectivity index (χ1n) is 10.3. The average Bonchev–Trinajstić information content (AvgIpc) is 2.69. The van der Waals surface area contributed by atoms with Crippen LogP contribution in [-0.4, -0.2) is 96.1 Å². The number of amides is 1. The molecule has 2 unspecified atom stereocenters. The number of piperidine rings is 2. The molecule has 29 heavy (non-hydrogen) atoms. The number of carboxylic acid groups (broad SMARTS) is 1. The topological polar surface area (TPSA) is 76.1 Å². The maximum atomic E-state index is 13.0. The normalized spacial score (nSPS) is 23.7. The highest BCUT2D eigenvalue weighted by Gasteiger charge is 2.38. The van der Waals surface area contributed by atoms with E-state index in [4.69, 9.17) is 0 Å². The summed E-state index contributed by atoms with van der Waals surface area (Å²) in [6, 6.07) is -0.0590. The van der Waals surface area contributed by atoms with Crippen LogP contribution >= 0.6 is 37.2 Å². The molecule has 2 atom stereocenters. The summed E-state index contributed by atoms with van der Waals surface area (Å²) in [5.74, 6) is -1.34. The Morgan fingerprint density at radius 2 is 1.45 bits per heavy atom. The molecule has 3 aliphatic rings. The highest BCUT2D eigenvalue weighted by atomic mass is 35.5. The van der Waals surface area contributed by atoms with E-state index in [2.05, 4.69) is 10.2 Å².